The van der Waals surface area contributed by atoms with Gasteiger partial charge in [0.25, 0.3) is 0 Å². The van der Waals surface area contributed by atoms with Crippen LogP contribution in [0.4, 0.5) is 0 Å². The molecule has 104 valence electrons. The molecule has 0 amide bonds. The average Bonchev–Trinajstić information content (AvgIpc) is 2.39. The molecular weight excluding hydrogens is 238 g/mol. The smallest absolute Gasteiger partial charge is 0.335 e. The van der Waals surface area contributed by atoms with Crippen LogP contribution in [0, 0.1) is 0 Å². The van der Waals surface area contributed by atoms with Gasteiger partial charge in [-0.1, -0.05) is 24.6 Å². The van der Waals surface area contributed by atoms with Crippen molar-refractivity contribution in [2.24, 2.45) is 0 Å². The first kappa shape index (κ1) is 15.4. The molecule has 0 bridgehead atoms. The topological polar surface area (TPSA) is 40.5 Å². The maximum atomic E-state index is 10.7. The summed E-state index contributed by atoms with van der Waals surface area (Å²) in [6, 6.07) is 7.10. The summed E-state index contributed by atoms with van der Waals surface area (Å²) in [5.41, 5.74) is 1.49. The molecule has 0 aromatic heterocycles. The first-order chi connectivity index (χ1) is 9.13. The highest BCUT2D eigenvalue weighted by Crippen LogP contribution is 2.08. The Morgan fingerprint density at radius 2 is 1.95 bits per heavy atom. The van der Waals surface area contributed by atoms with Gasteiger partial charge in [0, 0.05) is 6.54 Å². The Labute approximate surface area is 115 Å². The average molecular weight is 261 g/mol. The fourth-order valence-electron chi connectivity index (χ4n) is 1.99. The summed E-state index contributed by atoms with van der Waals surface area (Å²) in [4.78, 5) is 13.0. The molecule has 0 unspecified atom stereocenters. The molecule has 0 spiro atoms. The Bertz CT molecular complexity index is 398. The monoisotopic (exact) mass is 261 g/mol. The van der Waals surface area contributed by atoms with Crippen molar-refractivity contribution in [3.63, 3.8) is 0 Å². The molecule has 0 aliphatic carbocycles. The number of hydrogen-bond acceptors (Lipinski definition) is 2. The van der Waals surface area contributed by atoms with E-state index < -0.39 is 5.97 Å². The highest BCUT2D eigenvalue weighted by atomic mass is 16.4. The second kappa shape index (κ2) is 8.48. The Kier molecular flexibility index (Phi) is 6.90. The quantitative estimate of drug-likeness (QED) is 0.546. The molecule has 0 aliphatic rings. The van der Waals surface area contributed by atoms with E-state index in [1.807, 2.05) is 18.2 Å². The van der Waals surface area contributed by atoms with Gasteiger partial charge in [-0.2, -0.15) is 0 Å². The SMILES string of the molecule is C=CCCCCCN(C)Cc1ccc(C(=O)O)cc1. The first-order valence-corrected chi connectivity index (χ1v) is 6.75. The van der Waals surface area contributed by atoms with Crippen LogP contribution in [0.5, 0.6) is 0 Å². The van der Waals surface area contributed by atoms with Crippen molar-refractivity contribution in [3.8, 4) is 0 Å². The summed E-state index contributed by atoms with van der Waals surface area (Å²) in [7, 11) is 2.10. The van der Waals surface area contributed by atoms with Crippen molar-refractivity contribution in [2.75, 3.05) is 13.6 Å². The van der Waals surface area contributed by atoms with Crippen LogP contribution in [0.3, 0.4) is 0 Å². The van der Waals surface area contributed by atoms with Gasteiger partial charge in [0.1, 0.15) is 0 Å². The van der Waals surface area contributed by atoms with E-state index in [0.717, 1.165) is 25.1 Å². The van der Waals surface area contributed by atoms with Gasteiger partial charge in [0.2, 0.25) is 0 Å². The van der Waals surface area contributed by atoms with Crippen molar-refractivity contribution in [2.45, 2.75) is 32.2 Å². The number of rotatable bonds is 9. The molecule has 3 nitrogen and oxygen atoms in total. The van der Waals surface area contributed by atoms with Crippen molar-refractivity contribution in [1.82, 2.24) is 4.90 Å². The molecule has 0 saturated carbocycles. The number of hydrogen-bond donors (Lipinski definition) is 1. The highest BCUT2D eigenvalue weighted by Gasteiger charge is 2.03. The van der Waals surface area contributed by atoms with Crippen molar-refractivity contribution >= 4 is 5.97 Å². The molecule has 0 atom stereocenters. The molecule has 0 radical (unpaired) electrons. The third-order valence-corrected chi connectivity index (χ3v) is 3.10. The molecule has 0 saturated heterocycles. The second-order valence-corrected chi connectivity index (χ2v) is 4.88. The van der Waals surface area contributed by atoms with Crippen molar-refractivity contribution in [1.29, 1.82) is 0 Å². The Morgan fingerprint density at radius 3 is 2.53 bits per heavy atom. The van der Waals surface area contributed by atoms with Gasteiger partial charge >= 0.3 is 5.97 Å². The van der Waals surface area contributed by atoms with Gasteiger partial charge in [-0.3, -0.25) is 0 Å². The molecular formula is C16H23NO2. The number of allylic oxidation sites excluding steroid dienone is 1. The minimum Gasteiger partial charge on any atom is -0.478 e. The molecule has 19 heavy (non-hydrogen) atoms. The van der Waals surface area contributed by atoms with Gasteiger partial charge in [-0.05, 0) is 50.6 Å². The molecule has 0 fully saturated rings. The lowest BCUT2D eigenvalue weighted by molar-refractivity contribution is 0.0697. The lowest BCUT2D eigenvalue weighted by Crippen LogP contribution is -2.19. The third kappa shape index (κ3) is 6.20. The normalized spacial score (nSPS) is 10.6. The van der Waals surface area contributed by atoms with E-state index >= 15 is 0 Å². The standard InChI is InChI=1S/C16H23NO2/c1-3-4-5-6-7-12-17(2)13-14-8-10-15(11-9-14)16(18)19/h3,8-11H,1,4-7,12-13H2,2H3,(H,18,19). The number of carboxylic acids is 1. The predicted molar refractivity (Wildman–Crippen MR) is 78.4 cm³/mol. The fourth-order valence-corrected chi connectivity index (χ4v) is 1.99. The summed E-state index contributed by atoms with van der Waals surface area (Å²) in [5.74, 6) is -0.873. The molecule has 1 N–H and O–H groups in total. The van der Waals surface area contributed by atoms with E-state index in [2.05, 4.69) is 18.5 Å². The Hall–Kier alpha value is -1.61. The summed E-state index contributed by atoms with van der Waals surface area (Å²) >= 11 is 0. The molecule has 0 heterocycles. The van der Waals surface area contributed by atoms with Gasteiger partial charge in [-0.15, -0.1) is 6.58 Å². The molecule has 1 aromatic rings. The van der Waals surface area contributed by atoms with Crippen LogP contribution in [0.2, 0.25) is 0 Å². The first-order valence-electron chi connectivity index (χ1n) is 6.75. The van der Waals surface area contributed by atoms with E-state index in [-0.39, 0.29) is 0 Å². The number of unbranched alkanes of at least 4 members (excludes halogenated alkanes) is 3. The van der Waals surface area contributed by atoms with Crippen LogP contribution in [-0.4, -0.2) is 29.6 Å². The third-order valence-electron chi connectivity index (χ3n) is 3.10. The zero-order chi connectivity index (χ0) is 14.1. The van der Waals surface area contributed by atoms with Crippen molar-refractivity contribution < 1.29 is 9.90 Å². The molecule has 3 heteroatoms. The van der Waals surface area contributed by atoms with Crippen LogP contribution in [-0.2, 0) is 6.54 Å². The van der Waals surface area contributed by atoms with E-state index in [9.17, 15) is 4.79 Å². The summed E-state index contributed by atoms with van der Waals surface area (Å²) in [6.07, 6.45) is 6.70. The lowest BCUT2D eigenvalue weighted by Gasteiger charge is -2.16. The van der Waals surface area contributed by atoms with Crippen molar-refractivity contribution in [3.05, 3.63) is 48.0 Å². The summed E-state index contributed by atoms with van der Waals surface area (Å²) in [6.45, 7) is 5.65. The number of carboxylic acid groups (broad SMARTS) is 1. The maximum Gasteiger partial charge on any atom is 0.335 e. The zero-order valence-electron chi connectivity index (χ0n) is 11.6. The lowest BCUT2D eigenvalue weighted by atomic mass is 10.1. The van der Waals surface area contributed by atoms with Gasteiger partial charge < -0.3 is 10.0 Å². The van der Waals surface area contributed by atoms with Crippen LogP contribution in [0.15, 0.2) is 36.9 Å². The summed E-state index contributed by atoms with van der Waals surface area (Å²) in [5, 5.41) is 8.83. The number of benzene rings is 1. The maximum absolute atomic E-state index is 10.7. The van der Waals surface area contributed by atoms with Gasteiger partial charge in [0.15, 0.2) is 0 Å². The van der Waals surface area contributed by atoms with E-state index in [0.29, 0.717) is 5.56 Å². The number of nitrogens with zero attached hydrogens (tertiary/aromatic N) is 1. The highest BCUT2D eigenvalue weighted by molar-refractivity contribution is 5.87. The van der Waals surface area contributed by atoms with E-state index in [4.69, 9.17) is 5.11 Å². The molecule has 1 aromatic carbocycles. The minimum atomic E-state index is -0.873. The summed E-state index contributed by atoms with van der Waals surface area (Å²) < 4.78 is 0. The van der Waals surface area contributed by atoms with Gasteiger partial charge in [0.05, 0.1) is 5.56 Å². The van der Waals surface area contributed by atoms with Crippen LogP contribution in [0.25, 0.3) is 0 Å². The predicted octanol–water partition coefficient (Wildman–Crippen LogP) is 3.56. The van der Waals surface area contributed by atoms with Gasteiger partial charge in [-0.25, -0.2) is 4.79 Å². The van der Waals surface area contributed by atoms with E-state index in [1.54, 1.807) is 12.1 Å². The second-order valence-electron chi connectivity index (χ2n) is 4.88. The van der Waals surface area contributed by atoms with Crippen LogP contribution >= 0.6 is 0 Å². The van der Waals surface area contributed by atoms with E-state index in [1.165, 1.54) is 19.3 Å². The number of carbonyl (C=O) groups is 1. The zero-order valence-corrected chi connectivity index (χ0v) is 11.6. The minimum absolute atomic E-state index is 0.343. The Balaban J connectivity index is 2.29. The number of aromatic carboxylic acids is 1. The van der Waals surface area contributed by atoms with Crippen LogP contribution in [0.1, 0.15) is 41.6 Å². The van der Waals surface area contributed by atoms with Crippen LogP contribution < -0.4 is 0 Å². The largest absolute Gasteiger partial charge is 0.478 e. The molecule has 0 aliphatic heterocycles. The molecule has 1 rings (SSSR count). The fraction of sp³-hybridized carbons (Fsp3) is 0.438. The Morgan fingerprint density at radius 1 is 1.26 bits per heavy atom.